The van der Waals surface area contributed by atoms with Gasteiger partial charge < -0.3 is 9.30 Å². The van der Waals surface area contributed by atoms with Crippen molar-refractivity contribution in [2.45, 2.75) is 20.4 Å². The lowest BCUT2D eigenvalue weighted by atomic mass is 10.1. The largest absolute Gasteiger partial charge is 0.491 e. The number of aryl methyl sites for hydroxylation is 2. The van der Waals surface area contributed by atoms with Crippen LogP contribution in [0.3, 0.4) is 0 Å². The summed E-state index contributed by atoms with van der Waals surface area (Å²) in [6.45, 7) is 5.29. The molecule has 3 nitrogen and oxygen atoms in total. The van der Waals surface area contributed by atoms with Crippen LogP contribution >= 0.6 is 0 Å². The van der Waals surface area contributed by atoms with Gasteiger partial charge in [0.2, 0.25) is 0 Å². The Labute approximate surface area is 158 Å². The predicted octanol–water partition coefficient (Wildman–Crippen LogP) is 5.54. The maximum atomic E-state index is 13.3. The van der Waals surface area contributed by atoms with Crippen LogP contribution in [0, 0.1) is 19.7 Å². The van der Waals surface area contributed by atoms with E-state index in [2.05, 4.69) is 30.5 Å². The average molecular weight is 360 g/mol. The second kappa shape index (κ2) is 7.23. The first-order valence-electron chi connectivity index (χ1n) is 9.04. The van der Waals surface area contributed by atoms with Gasteiger partial charge in [-0.3, -0.25) is 0 Å². The van der Waals surface area contributed by atoms with E-state index in [1.165, 1.54) is 12.1 Å². The number of nitrogens with zero attached hydrogens (tertiary/aromatic N) is 2. The van der Waals surface area contributed by atoms with E-state index in [1.807, 2.05) is 30.3 Å². The van der Waals surface area contributed by atoms with E-state index < -0.39 is 0 Å². The van der Waals surface area contributed by atoms with Crippen LogP contribution in [-0.4, -0.2) is 16.2 Å². The maximum absolute atomic E-state index is 13.3. The van der Waals surface area contributed by atoms with Crippen molar-refractivity contribution in [1.29, 1.82) is 0 Å². The van der Waals surface area contributed by atoms with E-state index >= 15 is 0 Å². The Kier molecular flexibility index (Phi) is 4.63. The summed E-state index contributed by atoms with van der Waals surface area (Å²) in [6.07, 6.45) is 0. The SMILES string of the molecule is Cc1cccc(C)c1OCCn1c(-c2ccc(F)cc2)nc2ccccc21. The number of fused-ring (bicyclic) bond motifs is 1. The molecule has 0 saturated carbocycles. The third-order valence-electron chi connectivity index (χ3n) is 4.73. The fourth-order valence-electron chi connectivity index (χ4n) is 3.39. The molecule has 0 spiro atoms. The Morgan fingerprint density at radius 1 is 0.889 bits per heavy atom. The van der Waals surface area contributed by atoms with Gasteiger partial charge in [0, 0.05) is 5.56 Å². The fourth-order valence-corrected chi connectivity index (χ4v) is 3.39. The van der Waals surface area contributed by atoms with Crippen LogP contribution in [0.25, 0.3) is 22.4 Å². The summed E-state index contributed by atoms with van der Waals surface area (Å²) in [4.78, 5) is 4.76. The third-order valence-corrected chi connectivity index (χ3v) is 4.73. The van der Waals surface area contributed by atoms with Crippen LogP contribution in [0.15, 0.2) is 66.7 Å². The number of aromatic nitrogens is 2. The van der Waals surface area contributed by atoms with Gasteiger partial charge in [0.25, 0.3) is 0 Å². The van der Waals surface area contributed by atoms with Gasteiger partial charge in [-0.25, -0.2) is 9.37 Å². The zero-order chi connectivity index (χ0) is 18.8. The Balaban J connectivity index is 1.66. The first-order chi connectivity index (χ1) is 13.1. The number of ether oxygens (including phenoxy) is 1. The van der Waals surface area contributed by atoms with Crippen molar-refractivity contribution >= 4 is 11.0 Å². The highest BCUT2D eigenvalue weighted by atomic mass is 19.1. The molecule has 1 aromatic heterocycles. The van der Waals surface area contributed by atoms with E-state index in [-0.39, 0.29) is 5.82 Å². The molecule has 0 aliphatic heterocycles. The molecule has 0 fully saturated rings. The van der Waals surface area contributed by atoms with Crippen molar-refractivity contribution in [2.24, 2.45) is 0 Å². The normalized spacial score (nSPS) is 11.1. The van der Waals surface area contributed by atoms with Crippen molar-refractivity contribution in [3.63, 3.8) is 0 Å². The molecule has 0 aliphatic rings. The molecule has 1 heterocycles. The minimum atomic E-state index is -0.250. The van der Waals surface area contributed by atoms with Gasteiger partial charge >= 0.3 is 0 Å². The van der Waals surface area contributed by atoms with E-state index in [4.69, 9.17) is 9.72 Å². The van der Waals surface area contributed by atoms with E-state index in [0.29, 0.717) is 13.2 Å². The molecule has 4 heteroatoms. The van der Waals surface area contributed by atoms with Gasteiger partial charge in [0.15, 0.2) is 0 Å². The Hall–Kier alpha value is -3.14. The number of rotatable bonds is 5. The monoisotopic (exact) mass is 360 g/mol. The Morgan fingerprint density at radius 3 is 2.33 bits per heavy atom. The van der Waals surface area contributed by atoms with E-state index in [0.717, 1.165) is 39.3 Å². The second-order valence-corrected chi connectivity index (χ2v) is 6.65. The molecule has 0 amide bonds. The zero-order valence-corrected chi connectivity index (χ0v) is 15.4. The summed E-state index contributed by atoms with van der Waals surface area (Å²) in [5.74, 6) is 1.51. The molecule has 27 heavy (non-hydrogen) atoms. The number of imidazole rings is 1. The molecule has 0 aliphatic carbocycles. The average Bonchev–Trinajstić information content (AvgIpc) is 3.03. The molecule has 0 unspecified atom stereocenters. The molecule has 4 rings (SSSR count). The number of hydrogen-bond acceptors (Lipinski definition) is 2. The molecule has 0 radical (unpaired) electrons. The van der Waals surface area contributed by atoms with Gasteiger partial charge in [-0.2, -0.15) is 0 Å². The quantitative estimate of drug-likeness (QED) is 0.467. The second-order valence-electron chi connectivity index (χ2n) is 6.65. The molecular formula is C23H21FN2O. The number of para-hydroxylation sites is 3. The van der Waals surface area contributed by atoms with E-state index in [9.17, 15) is 4.39 Å². The van der Waals surface area contributed by atoms with Crippen LogP contribution in [-0.2, 0) is 6.54 Å². The molecule has 0 N–H and O–H groups in total. The molecule has 0 saturated heterocycles. The summed E-state index contributed by atoms with van der Waals surface area (Å²) in [5, 5.41) is 0. The highest BCUT2D eigenvalue weighted by Gasteiger charge is 2.13. The van der Waals surface area contributed by atoms with Crippen LogP contribution in [0.5, 0.6) is 5.75 Å². The lowest BCUT2D eigenvalue weighted by Gasteiger charge is -2.14. The number of hydrogen-bond donors (Lipinski definition) is 0. The van der Waals surface area contributed by atoms with Gasteiger partial charge in [-0.15, -0.1) is 0 Å². The lowest BCUT2D eigenvalue weighted by molar-refractivity contribution is 0.297. The summed E-state index contributed by atoms with van der Waals surface area (Å²) in [5.41, 5.74) is 5.11. The topological polar surface area (TPSA) is 27.1 Å². The van der Waals surface area contributed by atoms with Gasteiger partial charge in [0.05, 0.1) is 17.6 Å². The van der Waals surface area contributed by atoms with Crippen molar-refractivity contribution in [3.8, 4) is 17.1 Å². The predicted molar refractivity (Wildman–Crippen MR) is 107 cm³/mol. The Morgan fingerprint density at radius 2 is 1.59 bits per heavy atom. The molecule has 3 aromatic carbocycles. The minimum Gasteiger partial charge on any atom is -0.491 e. The summed E-state index contributed by atoms with van der Waals surface area (Å²) >= 11 is 0. The van der Waals surface area contributed by atoms with Crippen molar-refractivity contribution in [3.05, 3.63) is 83.7 Å². The Bertz CT molecular complexity index is 1060. The summed E-state index contributed by atoms with van der Waals surface area (Å²) < 4.78 is 21.6. The van der Waals surface area contributed by atoms with Gasteiger partial charge in [-0.1, -0.05) is 30.3 Å². The highest BCUT2D eigenvalue weighted by Crippen LogP contribution is 2.26. The summed E-state index contributed by atoms with van der Waals surface area (Å²) in [6, 6.07) is 20.6. The molecule has 0 bridgehead atoms. The molecule has 0 atom stereocenters. The van der Waals surface area contributed by atoms with Crippen molar-refractivity contribution in [2.75, 3.05) is 6.61 Å². The molecule has 4 aromatic rings. The highest BCUT2D eigenvalue weighted by molar-refractivity contribution is 5.80. The van der Waals surface area contributed by atoms with Crippen LogP contribution < -0.4 is 4.74 Å². The van der Waals surface area contributed by atoms with E-state index in [1.54, 1.807) is 12.1 Å². The first kappa shape index (κ1) is 17.3. The minimum absolute atomic E-state index is 0.250. The smallest absolute Gasteiger partial charge is 0.141 e. The molecular weight excluding hydrogens is 339 g/mol. The van der Waals surface area contributed by atoms with Crippen molar-refractivity contribution in [1.82, 2.24) is 9.55 Å². The van der Waals surface area contributed by atoms with Crippen LogP contribution in [0.2, 0.25) is 0 Å². The lowest BCUT2D eigenvalue weighted by Crippen LogP contribution is -2.10. The molecule has 136 valence electrons. The van der Waals surface area contributed by atoms with Crippen LogP contribution in [0.1, 0.15) is 11.1 Å². The maximum Gasteiger partial charge on any atom is 0.141 e. The summed E-state index contributed by atoms with van der Waals surface area (Å²) in [7, 11) is 0. The van der Waals surface area contributed by atoms with Crippen LogP contribution in [0.4, 0.5) is 4.39 Å². The van der Waals surface area contributed by atoms with Gasteiger partial charge in [0.1, 0.15) is 24.0 Å². The third kappa shape index (κ3) is 3.43. The number of benzene rings is 3. The number of halogens is 1. The standard InChI is InChI=1S/C23H21FN2O/c1-16-6-5-7-17(2)22(16)27-15-14-26-21-9-4-3-8-20(21)25-23(26)18-10-12-19(24)13-11-18/h3-13H,14-15H2,1-2H3. The first-order valence-corrected chi connectivity index (χ1v) is 9.04. The zero-order valence-electron chi connectivity index (χ0n) is 15.4. The van der Waals surface area contributed by atoms with Gasteiger partial charge in [-0.05, 0) is 61.4 Å². The fraction of sp³-hybridized carbons (Fsp3) is 0.174. The van der Waals surface area contributed by atoms with Crippen molar-refractivity contribution < 1.29 is 9.13 Å².